The van der Waals surface area contributed by atoms with E-state index in [0.717, 1.165) is 43.2 Å². The van der Waals surface area contributed by atoms with Crippen molar-refractivity contribution in [3.63, 3.8) is 0 Å². The summed E-state index contributed by atoms with van der Waals surface area (Å²) >= 11 is 1.49. The van der Waals surface area contributed by atoms with E-state index in [1.54, 1.807) is 0 Å². The van der Waals surface area contributed by atoms with E-state index in [2.05, 4.69) is 10.2 Å². The molecule has 0 saturated carbocycles. The van der Waals surface area contributed by atoms with Crippen LogP contribution in [0.3, 0.4) is 0 Å². The second kappa shape index (κ2) is 8.47. The van der Waals surface area contributed by atoms with E-state index in [9.17, 15) is 9.59 Å². The van der Waals surface area contributed by atoms with Crippen molar-refractivity contribution >= 4 is 23.2 Å². The Balaban J connectivity index is 1.40. The number of piperazine rings is 1. The molecule has 1 aliphatic rings. The molecule has 0 bridgehead atoms. The molecule has 1 saturated heterocycles. The van der Waals surface area contributed by atoms with E-state index in [1.807, 2.05) is 54.5 Å². The molecule has 1 aromatic heterocycles. The molecule has 0 unspecified atom stereocenters. The second-order valence-electron chi connectivity index (χ2n) is 6.67. The van der Waals surface area contributed by atoms with E-state index < -0.39 is 0 Å². The van der Waals surface area contributed by atoms with Gasteiger partial charge in [0.1, 0.15) is 0 Å². The van der Waals surface area contributed by atoms with Crippen LogP contribution in [0, 0.1) is 13.8 Å². The molecule has 0 aliphatic carbocycles. The van der Waals surface area contributed by atoms with Gasteiger partial charge in [0, 0.05) is 44.8 Å². The summed E-state index contributed by atoms with van der Waals surface area (Å²) in [5.74, 6) is 0.0994. The monoisotopic (exact) mass is 371 g/mol. The van der Waals surface area contributed by atoms with Crippen LogP contribution in [0.4, 0.5) is 0 Å². The van der Waals surface area contributed by atoms with Gasteiger partial charge in [-0.1, -0.05) is 12.1 Å². The number of nitrogens with one attached hydrogen (secondary N) is 1. The zero-order chi connectivity index (χ0) is 18.5. The summed E-state index contributed by atoms with van der Waals surface area (Å²) in [7, 11) is 0. The third-order valence-corrected chi connectivity index (χ3v) is 5.73. The fourth-order valence-electron chi connectivity index (χ4n) is 3.04. The first kappa shape index (κ1) is 18.6. The highest BCUT2D eigenvalue weighted by molar-refractivity contribution is 7.12. The number of thiophene rings is 1. The van der Waals surface area contributed by atoms with Crippen LogP contribution in [0.25, 0.3) is 0 Å². The SMILES string of the molecule is Cc1ccc(C(=O)NCCN2CCN(C(=O)c3cccs3)CC2)cc1C. The lowest BCUT2D eigenvalue weighted by Gasteiger charge is -2.34. The summed E-state index contributed by atoms with van der Waals surface area (Å²) in [6.07, 6.45) is 0. The number of nitrogens with zero attached hydrogens (tertiary/aromatic N) is 2. The number of carbonyl (C=O) groups excluding carboxylic acids is 2. The van der Waals surface area contributed by atoms with Gasteiger partial charge in [0.15, 0.2) is 0 Å². The van der Waals surface area contributed by atoms with Crippen LogP contribution < -0.4 is 5.32 Å². The number of benzene rings is 1. The van der Waals surface area contributed by atoms with Gasteiger partial charge in [-0.15, -0.1) is 11.3 Å². The zero-order valence-electron chi connectivity index (χ0n) is 15.3. The van der Waals surface area contributed by atoms with Crippen molar-refractivity contribution in [2.45, 2.75) is 13.8 Å². The Bertz CT molecular complexity index is 765. The van der Waals surface area contributed by atoms with Crippen LogP contribution in [0.2, 0.25) is 0 Å². The normalized spacial score (nSPS) is 15.1. The van der Waals surface area contributed by atoms with Gasteiger partial charge in [0.2, 0.25) is 0 Å². The maximum absolute atomic E-state index is 12.3. The van der Waals surface area contributed by atoms with Crippen LogP contribution in [-0.2, 0) is 0 Å². The molecule has 2 aromatic rings. The van der Waals surface area contributed by atoms with Crippen molar-refractivity contribution in [2.75, 3.05) is 39.3 Å². The minimum atomic E-state index is -0.0281. The van der Waals surface area contributed by atoms with Crippen LogP contribution in [-0.4, -0.2) is 60.9 Å². The van der Waals surface area contributed by atoms with Crippen molar-refractivity contribution in [2.24, 2.45) is 0 Å². The zero-order valence-corrected chi connectivity index (χ0v) is 16.1. The van der Waals surface area contributed by atoms with Gasteiger partial charge in [-0.25, -0.2) is 0 Å². The minimum absolute atomic E-state index is 0.0281. The molecular formula is C20H25N3O2S. The van der Waals surface area contributed by atoms with Gasteiger partial charge in [-0.3, -0.25) is 14.5 Å². The number of hydrogen-bond donors (Lipinski definition) is 1. The topological polar surface area (TPSA) is 52.7 Å². The summed E-state index contributed by atoms with van der Waals surface area (Å²) < 4.78 is 0. The van der Waals surface area contributed by atoms with Crippen molar-refractivity contribution in [1.29, 1.82) is 0 Å². The molecule has 2 heterocycles. The quantitative estimate of drug-likeness (QED) is 0.879. The van der Waals surface area contributed by atoms with Crippen LogP contribution in [0.5, 0.6) is 0 Å². The van der Waals surface area contributed by atoms with E-state index in [1.165, 1.54) is 16.9 Å². The molecule has 6 heteroatoms. The Hall–Kier alpha value is -2.18. The maximum Gasteiger partial charge on any atom is 0.264 e. The highest BCUT2D eigenvalue weighted by Gasteiger charge is 2.22. The third kappa shape index (κ3) is 4.51. The van der Waals surface area contributed by atoms with E-state index in [4.69, 9.17) is 0 Å². The molecule has 138 valence electrons. The molecule has 3 rings (SSSR count). The standard InChI is InChI=1S/C20H25N3O2S/c1-15-5-6-17(14-16(15)2)19(24)21-7-8-22-9-11-23(12-10-22)20(25)18-4-3-13-26-18/h3-6,13-14H,7-12H2,1-2H3,(H,21,24). The van der Waals surface area contributed by atoms with E-state index in [0.29, 0.717) is 12.1 Å². The molecule has 26 heavy (non-hydrogen) atoms. The van der Waals surface area contributed by atoms with E-state index in [-0.39, 0.29) is 11.8 Å². The van der Waals surface area contributed by atoms with Gasteiger partial charge >= 0.3 is 0 Å². The van der Waals surface area contributed by atoms with Gasteiger partial charge < -0.3 is 10.2 Å². The largest absolute Gasteiger partial charge is 0.351 e. The van der Waals surface area contributed by atoms with Gasteiger partial charge in [-0.05, 0) is 48.6 Å². The number of aryl methyl sites for hydroxylation is 2. The molecule has 1 aromatic carbocycles. The predicted molar refractivity (Wildman–Crippen MR) is 105 cm³/mol. The molecule has 1 aliphatic heterocycles. The fraction of sp³-hybridized carbons (Fsp3) is 0.400. The van der Waals surface area contributed by atoms with Gasteiger partial charge in [0.05, 0.1) is 4.88 Å². The number of carbonyl (C=O) groups is 2. The van der Waals surface area contributed by atoms with Crippen LogP contribution >= 0.6 is 11.3 Å². The first-order chi connectivity index (χ1) is 12.5. The Kier molecular flexibility index (Phi) is 6.06. The summed E-state index contributed by atoms with van der Waals surface area (Å²) in [6.45, 7) is 8.64. The van der Waals surface area contributed by atoms with Crippen molar-refractivity contribution in [3.05, 3.63) is 57.3 Å². The molecular weight excluding hydrogens is 346 g/mol. The highest BCUT2D eigenvalue weighted by atomic mass is 32.1. The highest BCUT2D eigenvalue weighted by Crippen LogP contribution is 2.14. The summed E-state index contributed by atoms with van der Waals surface area (Å²) in [4.78, 5) is 29.6. The second-order valence-corrected chi connectivity index (χ2v) is 7.61. The lowest BCUT2D eigenvalue weighted by atomic mass is 10.1. The minimum Gasteiger partial charge on any atom is -0.351 e. The summed E-state index contributed by atoms with van der Waals surface area (Å²) in [5.41, 5.74) is 3.03. The Morgan fingerprint density at radius 1 is 1.08 bits per heavy atom. The van der Waals surface area contributed by atoms with Crippen LogP contribution in [0.15, 0.2) is 35.7 Å². The smallest absolute Gasteiger partial charge is 0.264 e. The van der Waals surface area contributed by atoms with Crippen molar-refractivity contribution in [3.8, 4) is 0 Å². The van der Waals surface area contributed by atoms with E-state index >= 15 is 0 Å². The Labute approximate surface area is 158 Å². The average Bonchev–Trinajstić information content (AvgIpc) is 3.18. The average molecular weight is 372 g/mol. The molecule has 5 nitrogen and oxygen atoms in total. The lowest BCUT2D eigenvalue weighted by molar-refractivity contribution is 0.0643. The first-order valence-electron chi connectivity index (χ1n) is 8.95. The predicted octanol–water partition coefficient (Wildman–Crippen LogP) is 2.55. The third-order valence-electron chi connectivity index (χ3n) is 4.87. The lowest BCUT2D eigenvalue weighted by Crippen LogP contribution is -2.50. The Morgan fingerprint density at radius 3 is 2.50 bits per heavy atom. The number of rotatable bonds is 5. The first-order valence-corrected chi connectivity index (χ1v) is 9.83. The maximum atomic E-state index is 12.3. The Morgan fingerprint density at radius 2 is 1.85 bits per heavy atom. The molecule has 0 spiro atoms. The van der Waals surface area contributed by atoms with Gasteiger partial charge in [-0.2, -0.15) is 0 Å². The molecule has 2 amide bonds. The van der Waals surface area contributed by atoms with Gasteiger partial charge in [0.25, 0.3) is 11.8 Å². The van der Waals surface area contributed by atoms with Crippen molar-refractivity contribution < 1.29 is 9.59 Å². The molecule has 0 radical (unpaired) electrons. The number of amides is 2. The van der Waals surface area contributed by atoms with Crippen molar-refractivity contribution in [1.82, 2.24) is 15.1 Å². The molecule has 1 fully saturated rings. The number of hydrogen-bond acceptors (Lipinski definition) is 4. The summed E-state index contributed by atoms with van der Waals surface area (Å²) in [5, 5.41) is 4.92. The summed E-state index contributed by atoms with van der Waals surface area (Å²) in [6, 6.07) is 9.56. The van der Waals surface area contributed by atoms with Crippen LogP contribution in [0.1, 0.15) is 31.2 Å². The molecule has 1 N–H and O–H groups in total. The fourth-order valence-corrected chi connectivity index (χ4v) is 3.73. The molecule has 0 atom stereocenters.